The number of hydrogen-bond donors (Lipinski definition) is 0. The maximum atomic E-state index is 13.3. The van der Waals surface area contributed by atoms with Gasteiger partial charge in [0.25, 0.3) is 5.78 Å². The van der Waals surface area contributed by atoms with Crippen LogP contribution in [0.15, 0.2) is 18.2 Å². The lowest BCUT2D eigenvalue weighted by Crippen LogP contribution is -2.41. The van der Waals surface area contributed by atoms with Crippen molar-refractivity contribution in [2.24, 2.45) is 0 Å². The first kappa shape index (κ1) is 14.9. The minimum atomic E-state index is -5.04. The summed E-state index contributed by atoms with van der Waals surface area (Å²) < 4.78 is 50.3. The maximum Gasteiger partial charge on any atom is 0.454 e. The summed E-state index contributed by atoms with van der Waals surface area (Å²) >= 11 is 0. The molecule has 0 unspecified atom stereocenters. The van der Waals surface area contributed by atoms with Gasteiger partial charge >= 0.3 is 6.18 Å². The van der Waals surface area contributed by atoms with E-state index in [9.17, 15) is 22.4 Å². The lowest BCUT2D eigenvalue weighted by Gasteiger charge is -2.21. The highest BCUT2D eigenvalue weighted by molar-refractivity contribution is 6.89. The Kier molecular flexibility index (Phi) is 4.00. The number of carbonyl (C=O) groups excluding carboxylic acids is 1. The van der Waals surface area contributed by atoms with Gasteiger partial charge in [-0.1, -0.05) is 37.3 Å². The van der Waals surface area contributed by atoms with E-state index in [0.717, 1.165) is 18.2 Å². The van der Waals surface area contributed by atoms with Crippen molar-refractivity contribution in [3.05, 3.63) is 29.6 Å². The number of alkyl halides is 3. The average molecular weight is 278 g/mol. The van der Waals surface area contributed by atoms with Crippen LogP contribution in [-0.2, 0) is 0 Å². The van der Waals surface area contributed by atoms with E-state index < -0.39 is 31.4 Å². The van der Waals surface area contributed by atoms with Crippen LogP contribution in [0, 0.1) is 5.82 Å². The average Bonchev–Trinajstić information content (AvgIpc) is 2.27. The molecule has 0 aromatic heterocycles. The molecule has 0 aliphatic heterocycles. The van der Waals surface area contributed by atoms with Crippen molar-refractivity contribution in [2.45, 2.75) is 32.2 Å². The predicted molar refractivity (Wildman–Crippen MR) is 64.4 cm³/mol. The fourth-order valence-corrected chi connectivity index (χ4v) is 2.95. The van der Waals surface area contributed by atoms with Crippen molar-refractivity contribution in [3.63, 3.8) is 0 Å². The highest BCUT2D eigenvalue weighted by atomic mass is 28.3. The van der Waals surface area contributed by atoms with E-state index in [-0.39, 0.29) is 0 Å². The van der Waals surface area contributed by atoms with Gasteiger partial charge < -0.3 is 0 Å². The lowest BCUT2D eigenvalue weighted by molar-refractivity contribution is -0.0887. The molecule has 0 saturated heterocycles. The minimum absolute atomic E-state index is 0.652. The van der Waals surface area contributed by atoms with Crippen LogP contribution in [0.2, 0.25) is 19.1 Å². The zero-order valence-electron chi connectivity index (χ0n) is 10.4. The van der Waals surface area contributed by atoms with Gasteiger partial charge in [-0.2, -0.15) is 13.2 Å². The van der Waals surface area contributed by atoms with E-state index in [1.165, 1.54) is 6.07 Å². The van der Waals surface area contributed by atoms with E-state index in [2.05, 4.69) is 0 Å². The molecule has 0 heterocycles. The van der Waals surface area contributed by atoms with Gasteiger partial charge in [-0.15, -0.1) is 0 Å². The first-order valence-electron chi connectivity index (χ1n) is 5.51. The Morgan fingerprint density at radius 3 is 2.28 bits per heavy atom. The lowest BCUT2D eigenvalue weighted by atomic mass is 10.1. The predicted octanol–water partition coefficient (Wildman–Crippen LogP) is 3.51. The van der Waals surface area contributed by atoms with Gasteiger partial charge in [-0.05, 0) is 12.1 Å². The standard InChI is InChI=1S/C12H14F4OSi/c1-4-18(2,3)8-5-6-10(13)9(7-8)11(17)12(14,15)16/h5-7H,4H2,1-3H3. The highest BCUT2D eigenvalue weighted by Gasteiger charge is 2.41. The van der Waals surface area contributed by atoms with Crippen molar-refractivity contribution in [1.82, 2.24) is 0 Å². The van der Waals surface area contributed by atoms with E-state index in [1.54, 1.807) is 0 Å². The molecule has 0 N–H and O–H groups in total. The van der Waals surface area contributed by atoms with Gasteiger partial charge in [0.15, 0.2) is 0 Å². The summed E-state index contributed by atoms with van der Waals surface area (Å²) in [6.07, 6.45) is -5.04. The van der Waals surface area contributed by atoms with E-state index in [4.69, 9.17) is 0 Å². The highest BCUT2D eigenvalue weighted by Crippen LogP contribution is 2.23. The second kappa shape index (κ2) is 4.83. The summed E-state index contributed by atoms with van der Waals surface area (Å²) in [6.45, 7) is 5.85. The summed E-state index contributed by atoms with van der Waals surface area (Å²) in [5.41, 5.74) is -0.881. The van der Waals surface area contributed by atoms with Crippen molar-refractivity contribution in [1.29, 1.82) is 0 Å². The van der Waals surface area contributed by atoms with Gasteiger partial charge in [0.05, 0.1) is 13.6 Å². The van der Waals surface area contributed by atoms with Crippen molar-refractivity contribution < 1.29 is 22.4 Å². The molecule has 0 aliphatic carbocycles. The van der Waals surface area contributed by atoms with E-state index >= 15 is 0 Å². The van der Waals surface area contributed by atoms with Crippen LogP contribution in [0.4, 0.5) is 17.6 Å². The zero-order valence-corrected chi connectivity index (χ0v) is 11.4. The van der Waals surface area contributed by atoms with Crippen LogP contribution < -0.4 is 5.19 Å². The molecule has 0 atom stereocenters. The molecule has 0 aliphatic rings. The van der Waals surface area contributed by atoms with E-state index in [1.807, 2.05) is 20.0 Å². The minimum Gasteiger partial charge on any atom is -0.284 e. The number of rotatable bonds is 3. The SMILES string of the molecule is CC[Si](C)(C)c1ccc(F)c(C(=O)C(F)(F)F)c1. The molecule has 1 rings (SSSR count). The van der Waals surface area contributed by atoms with Gasteiger partial charge in [-0.3, -0.25) is 4.79 Å². The van der Waals surface area contributed by atoms with Crippen molar-refractivity contribution in [3.8, 4) is 0 Å². The second-order valence-corrected chi connectivity index (χ2v) is 9.81. The third kappa shape index (κ3) is 2.98. The number of halogens is 4. The topological polar surface area (TPSA) is 17.1 Å². The number of Topliss-reactive ketones (excluding diaryl/α,β-unsaturated/α-hetero) is 1. The molecule has 1 aromatic rings. The molecule has 0 saturated carbocycles. The molecule has 1 aromatic carbocycles. The van der Waals surface area contributed by atoms with E-state index in [0.29, 0.717) is 5.19 Å². The van der Waals surface area contributed by atoms with Crippen molar-refractivity contribution in [2.75, 3.05) is 0 Å². The Labute approximate surface area is 104 Å². The summed E-state index contributed by atoms with van der Waals surface area (Å²) in [5.74, 6) is -3.25. The monoisotopic (exact) mass is 278 g/mol. The summed E-state index contributed by atoms with van der Waals surface area (Å²) in [6, 6.07) is 4.27. The molecule has 18 heavy (non-hydrogen) atoms. The van der Waals surface area contributed by atoms with Crippen LogP contribution >= 0.6 is 0 Å². The fraction of sp³-hybridized carbons (Fsp3) is 0.417. The zero-order chi connectivity index (χ0) is 14.1. The van der Waals surface area contributed by atoms with Gasteiger partial charge in [0.2, 0.25) is 0 Å². The molecule has 0 radical (unpaired) electrons. The van der Waals surface area contributed by atoms with Crippen LogP contribution in [0.5, 0.6) is 0 Å². The molecule has 100 valence electrons. The van der Waals surface area contributed by atoms with Gasteiger partial charge in [0, 0.05) is 0 Å². The molecule has 0 bridgehead atoms. The Hall–Kier alpha value is -1.17. The molecule has 0 fully saturated rings. The van der Waals surface area contributed by atoms with Crippen LogP contribution in [-0.4, -0.2) is 20.0 Å². The number of hydrogen-bond acceptors (Lipinski definition) is 1. The number of benzene rings is 1. The number of carbonyl (C=O) groups is 1. The molecule has 0 amide bonds. The van der Waals surface area contributed by atoms with Gasteiger partial charge in [-0.25, -0.2) is 4.39 Å². The molecule has 1 nitrogen and oxygen atoms in total. The number of ketones is 1. The first-order valence-corrected chi connectivity index (χ1v) is 8.72. The van der Waals surface area contributed by atoms with Crippen LogP contribution in [0.3, 0.4) is 0 Å². The smallest absolute Gasteiger partial charge is 0.284 e. The Morgan fingerprint density at radius 2 is 1.83 bits per heavy atom. The molecule has 0 spiro atoms. The first-order chi connectivity index (χ1) is 8.09. The quantitative estimate of drug-likeness (QED) is 0.470. The maximum absolute atomic E-state index is 13.3. The second-order valence-electron chi connectivity index (χ2n) is 4.76. The fourth-order valence-electron chi connectivity index (χ4n) is 1.48. The summed E-state index contributed by atoms with van der Waals surface area (Å²) in [5, 5.41) is 0.652. The summed E-state index contributed by atoms with van der Waals surface area (Å²) in [4.78, 5) is 11.1. The Balaban J connectivity index is 3.30. The largest absolute Gasteiger partial charge is 0.454 e. The molecular weight excluding hydrogens is 264 g/mol. The van der Waals surface area contributed by atoms with Crippen LogP contribution in [0.25, 0.3) is 0 Å². The van der Waals surface area contributed by atoms with Gasteiger partial charge in [0.1, 0.15) is 5.82 Å². The Morgan fingerprint density at radius 1 is 1.28 bits per heavy atom. The normalized spacial score (nSPS) is 12.6. The molecular formula is C12H14F4OSi. The Bertz CT molecular complexity index is 466. The molecule has 6 heteroatoms. The third-order valence-corrected chi connectivity index (χ3v) is 6.78. The third-order valence-electron chi connectivity index (χ3n) is 3.13. The van der Waals surface area contributed by atoms with Crippen LogP contribution in [0.1, 0.15) is 17.3 Å². The van der Waals surface area contributed by atoms with Crippen molar-refractivity contribution >= 4 is 19.0 Å². The summed E-state index contributed by atoms with van der Waals surface area (Å²) in [7, 11) is -1.90.